The number of nitrogens with one attached hydrogen (secondary N) is 1. The molecule has 1 N–H and O–H groups in total. The van der Waals surface area contributed by atoms with Crippen LogP contribution in [0, 0.1) is 12.3 Å². The van der Waals surface area contributed by atoms with Crippen molar-refractivity contribution < 1.29 is 65.4 Å². The molecule has 156 valence electrons. The number of fused-ring (bicyclic) bond motifs is 1. The predicted molar refractivity (Wildman–Crippen MR) is 115 cm³/mol. The maximum atomic E-state index is 5.34. The van der Waals surface area contributed by atoms with Gasteiger partial charge in [-0.15, -0.1) is 18.3 Å². The van der Waals surface area contributed by atoms with Gasteiger partial charge < -0.3 is 19.3 Å². The van der Waals surface area contributed by atoms with Gasteiger partial charge in [0.05, 0.1) is 19.7 Å². The largest absolute Gasteiger partial charge is 1.00 e. The molecule has 0 amide bonds. The Morgan fingerprint density at radius 2 is 1.68 bits per heavy atom. The predicted octanol–water partition coefficient (Wildman–Crippen LogP) is 1.97. The summed E-state index contributed by atoms with van der Waals surface area (Å²) in [6.45, 7) is 6.21. The van der Waals surface area contributed by atoms with Gasteiger partial charge in [-0.2, -0.15) is 24.3 Å². The van der Waals surface area contributed by atoms with E-state index in [0.717, 1.165) is 22.4 Å². The molecular weight excluding hydrogens is 419 g/mol. The standard InChI is InChI=1S/C16H14N3O2.C7H10NO.K/c1-20-14-8-12-13(9-15(14)21-2)17-10-18-16(12)19-11-6-4-3-5-7-11;1-7(2,3)6-4-5-8-9-6;/h4-10H,1-2H3,(H,17,18,19);4H,1-3H3;/q2*-1;+1. The van der Waals surface area contributed by atoms with E-state index in [2.05, 4.69) is 53.5 Å². The van der Waals surface area contributed by atoms with Crippen molar-refractivity contribution in [3.8, 4) is 11.5 Å². The summed E-state index contributed by atoms with van der Waals surface area (Å²) in [5.41, 5.74) is 1.78. The Balaban J connectivity index is 0.000000289. The Bertz CT molecular complexity index is 1080. The Labute approximate surface area is 225 Å². The molecule has 0 bridgehead atoms. The average Bonchev–Trinajstić information content (AvgIpc) is 3.30. The van der Waals surface area contributed by atoms with Gasteiger partial charge in [0, 0.05) is 11.5 Å². The minimum Gasteiger partial charge on any atom is -0.493 e. The second-order valence-electron chi connectivity index (χ2n) is 7.43. The average molecular weight is 444 g/mol. The first kappa shape index (κ1) is 25.3. The molecule has 0 fully saturated rings. The van der Waals surface area contributed by atoms with E-state index in [1.807, 2.05) is 36.4 Å². The van der Waals surface area contributed by atoms with Gasteiger partial charge in [-0.1, -0.05) is 26.5 Å². The fourth-order valence-electron chi connectivity index (χ4n) is 2.63. The number of benzene rings is 2. The van der Waals surface area contributed by atoms with Gasteiger partial charge in [-0.25, -0.2) is 15.1 Å². The van der Waals surface area contributed by atoms with Crippen LogP contribution in [-0.2, 0) is 5.41 Å². The third kappa shape index (κ3) is 6.75. The molecule has 0 saturated carbocycles. The molecule has 31 heavy (non-hydrogen) atoms. The second-order valence-corrected chi connectivity index (χ2v) is 7.43. The molecular formula is C23H24KN4O3-. The van der Waals surface area contributed by atoms with Crippen LogP contribution in [0.1, 0.15) is 26.5 Å². The smallest absolute Gasteiger partial charge is 0.493 e. The van der Waals surface area contributed by atoms with Gasteiger partial charge in [0.2, 0.25) is 0 Å². The number of hydrogen-bond donors (Lipinski definition) is 1. The van der Waals surface area contributed by atoms with Gasteiger partial charge in [-0.3, -0.25) is 0 Å². The first-order valence-electron chi connectivity index (χ1n) is 9.35. The third-order valence-corrected chi connectivity index (χ3v) is 4.25. The molecule has 0 aliphatic rings. The van der Waals surface area contributed by atoms with Gasteiger partial charge in [0.15, 0.2) is 11.5 Å². The van der Waals surface area contributed by atoms with Crippen molar-refractivity contribution in [1.29, 1.82) is 0 Å². The summed E-state index contributed by atoms with van der Waals surface area (Å²) in [5, 5.41) is 7.62. The summed E-state index contributed by atoms with van der Waals surface area (Å²) >= 11 is 0. The van der Waals surface area contributed by atoms with E-state index in [-0.39, 0.29) is 56.8 Å². The van der Waals surface area contributed by atoms with Crippen LogP contribution in [0.5, 0.6) is 11.5 Å². The summed E-state index contributed by atoms with van der Waals surface area (Å²) in [5.74, 6) is 2.88. The fraction of sp³-hybridized carbons (Fsp3) is 0.261. The van der Waals surface area contributed by atoms with Gasteiger partial charge in [-0.05, 0) is 17.2 Å². The minimum atomic E-state index is 0. The number of ether oxygens (including phenoxy) is 2. The number of nitrogens with zero attached hydrogens (tertiary/aromatic N) is 3. The molecule has 8 heteroatoms. The van der Waals surface area contributed by atoms with E-state index in [1.165, 1.54) is 6.33 Å². The van der Waals surface area contributed by atoms with E-state index >= 15 is 0 Å². The van der Waals surface area contributed by atoms with Crippen LogP contribution in [-0.4, -0.2) is 29.3 Å². The molecule has 0 aliphatic heterocycles. The van der Waals surface area contributed by atoms with Crippen molar-refractivity contribution in [3.05, 3.63) is 66.8 Å². The van der Waals surface area contributed by atoms with E-state index in [9.17, 15) is 0 Å². The summed E-state index contributed by atoms with van der Waals surface area (Å²) in [4.78, 5) is 8.58. The Morgan fingerprint density at radius 1 is 1.00 bits per heavy atom. The summed E-state index contributed by atoms with van der Waals surface area (Å²) in [6.07, 6.45) is 4.14. The summed E-state index contributed by atoms with van der Waals surface area (Å²) in [6, 6.07) is 16.0. The van der Waals surface area contributed by atoms with E-state index in [0.29, 0.717) is 17.3 Å². The number of anilines is 2. The number of aromatic nitrogens is 3. The number of hydrogen-bond acceptors (Lipinski definition) is 7. The minimum absolute atomic E-state index is 0. The molecule has 0 radical (unpaired) electrons. The number of methoxy groups -OCH3 is 2. The first-order chi connectivity index (χ1) is 14.4. The number of rotatable bonds is 4. The van der Waals surface area contributed by atoms with Gasteiger partial charge >= 0.3 is 51.4 Å². The van der Waals surface area contributed by atoms with Crippen LogP contribution in [0.2, 0.25) is 0 Å². The van der Waals surface area contributed by atoms with Crippen molar-refractivity contribution in [2.75, 3.05) is 19.5 Å². The molecule has 0 atom stereocenters. The Hall–Kier alpha value is -1.97. The maximum absolute atomic E-state index is 5.34. The monoisotopic (exact) mass is 443 g/mol. The molecule has 2 heterocycles. The van der Waals surface area contributed by atoms with Crippen LogP contribution >= 0.6 is 0 Å². The second kappa shape index (κ2) is 11.6. The maximum Gasteiger partial charge on any atom is 1.00 e. The molecule has 0 saturated heterocycles. The van der Waals surface area contributed by atoms with Crippen LogP contribution in [0.25, 0.3) is 10.9 Å². The normalized spacial score (nSPS) is 10.5. The van der Waals surface area contributed by atoms with Crippen molar-refractivity contribution in [2.45, 2.75) is 26.2 Å². The zero-order valence-electron chi connectivity index (χ0n) is 18.7. The van der Waals surface area contributed by atoms with E-state index in [4.69, 9.17) is 14.0 Å². The van der Waals surface area contributed by atoms with Gasteiger partial charge in [0.1, 0.15) is 12.1 Å². The van der Waals surface area contributed by atoms with Crippen LogP contribution in [0.4, 0.5) is 11.5 Å². The molecule has 2 aromatic heterocycles. The molecule has 0 unspecified atom stereocenters. The Kier molecular flexibility index (Phi) is 9.45. The molecule has 7 nitrogen and oxygen atoms in total. The zero-order valence-corrected chi connectivity index (χ0v) is 21.8. The topological polar surface area (TPSA) is 82.3 Å². The molecule has 2 aromatic carbocycles. The first-order valence-corrected chi connectivity index (χ1v) is 9.35. The van der Waals surface area contributed by atoms with Crippen molar-refractivity contribution >= 4 is 22.4 Å². The summed E-state index contributed by atoms with van der Waals surface area (Å²) in [7, 11) is 3.21. The molecule has 4 rings (SSSR count). The van der Waals surface area contributed by atoms with E-state index in [1.54, 1.807) is 20.3 Å². The fourth-order valence-corrected chi connectivity index (χ4v) is 2.63. The zero-order chi connectivity index (χ0) is 21.6. The van der Waals surface area contributed by atoms with Gasteiger partial charge in [0.25, 0.3) is 0 Å². The van der Waals surface area contributed by atoms with E-state index < -0.39 is 0 Å². The van der Waals surface area contributed by atoms with Crippen LogP contribution < -0.4 is 66.2 Å². The Morgan fingerprint density at radius 3 is 2.23 bits per heavy atom. The quantitative estimate of drug-likeness (QED) is 0.381. The summed E-state index contributed by atoms with van der Waals surface area (Å²) < 4.78 is 15.5. The van der Waals surface area contributed by atoms with Crippen molar-refractivity contribution in [3.63, 3.8) is 0 Å². The van der Waals surface area contributed by atoms with Crippen molar-refractivity contribution in [2.24, 2.45) is 0 Å². The SMILES string of the molecule is CC(C)(C)c1c[c-]no1.COc1cc2ncnc(Nc3cc[c-]cc3)c2cc1OC.[K+]. The molecule has 0 aliphatic carbocycles. The molecule has 4 aromatic rings. The molecule has 0 spiro atoms. The van der Waals surface area contributed by atoms with Crippen LogP contribution in [0.3, 0.4) is 0 Å². The van der Waals surface area contributed by atoms with Crippen LogP contribution in [0.15, 0.2) is 53.3 Å². The third-order valence-electron chi connectivity index (χ3n) is 4.25. The van der Waals surface area contributed by atoms with Crippen molar-refractivity contribution in [1.82, 2.24) is 15.1 Å².